The summed E-state index contributed by atoms with van der Waals surface area (Å²) in [7, 11) is 0. The number of carbonyl (C=O) groups excluding carboxylic acids is 1. The van der Waals surface area contributed by atoms with Crippen LogP contribution in [0.4, 0.5) is 19.0 Å². The maximum Gasteiger partial charge on any atom is 0.417 e. The zero-order valence-electron chi connectivity index (χ0n) is 18.5. The summed E-state index contributed by atoms with van der Waals surface area (Å²) in [5.74, 6) is 1.66. The first-order valence-corrected chi connectivity index (χ1v) is 11.4. The van der Waals surface area contributed by atoms with E-state index in [0.717, 1.165) is 30.3 Å². The van der Waals surface area contributed by atoms with Gasteiger partial charge >= 0.3 is 6.18 Å². The number of carbonyl (C=O) groups is 1. The van der Waals surface area contributed by atoms with Crippen molar-refractivity contribution in [2.24, 2.45) is 0 Å². The minimum atomic E-state index is -4.57. The third kappa shape index (κ3) is 4.49. The zero-order valence-corrected chi connectivity index (χ0v) is 18.5. The van der Waals surface area contributed by atoms with Crippen LogP contribution in [0, 0.1) is 0 Å². The molecule has 1 saturated heterocycles. The summed E-state index contributed by atoms with van der Waals surface area (Å²) in [5.41, 5.74) is -0.463. The molecule has 0 unspecified atom stereocenters. The predicted molar refractivity (Wildman–Crippen MR) is 118 cm³/mol. The number of pyridine rings is 1. The van der Waals surface area contributed by atoms with Gasteiger partial charge in [0.25, 0.3) is 5.91 Å². The lowest BCUT2D eigenvalue weighted by atomic mass is 10.1. The van der Waals surface area contributed by atoms with E-state index in [-0.39, 0.29) is 5.56 Å². The largest absolute Gasteiger partial charge is 0.417 e. The highest BCUT2D eigenvalue weighted by Crippen LogP contribution is 2.34. The van der Waals surface area contributed by atoms with Crippen LogP contribution in [0.15, 0.2) is 47.1 Å². The van der Waals surface area contributed by atoms with Crippen LogP contribution >= 0.6 is 0 Å². The number of halogens is 3. The van der Waals surface area contributed by atoms with Gasteiger partial charge in [-0.25, -0.2) is 4.98 Å². The second-order valence-electron chi connectivity index (χ2n) is 8.67. The third-order valence-corrected chi connectivity index (χ3v) is 6.51. The molecular weight excluding hydrogens is 447 g/mol. The summed E-state index contributed by atoms with van der Waals surface area (Å²) in [6, 6.07) is 8.64. The lowest BCUT2D eigenvalue weighted by Crippen LogP contribution is -2.49. The van der Waals surface area contributed by atoms with Crippen LogP contribution in [0.2, 0.25) is 0 Å². The van der Waals surface area contributed by atoms with Crippen LogP contribution < -0.4 is 4.90 Å². The lowest BCUT2D eigenvalue weighted by Gasteiger charge is -2.35. The van der Waals surface area contributed by atoms with Crippen LogP contribution in [0.25, 0.3) is 11.4 Å². The molecule has 1 aromatic carbocycles. The normalized spacial score (nSPS) is 17.4. The summed E-state index contributed by atoms with van der Waals surface area (Å²) < 4.78 is 45.3. The number of rotatable bonds is 4. The monoisotopic (exact) mass is 471 g/mol. The molecule has 1 amide bonds. The molecule has 1 saturated carbocycles. The van der Waals surface area contributed by atoms with E-state index in [0.29, 0.717) is 43.8 Å². The number of benzene rings is 1. The molecule has 7 nitrogen and oxygen atoms in total. The van der Waals surface area contributed by atoms with E-state index in [1.807, 2.05) is 17.0 Å². The van der Waals surface area contributed by atoms with Gasteiger partial charge in [0.1, 0.15) is 5.82 Å². The summed E-state index contributed by atoms with van der Waals surface area (Å²) >= 11 is 0. The molecule has 1 aliphatic carbocycles. The molecule has 2 aromatic heterocycles. The number of anilines is 1. The molecule has 2 fully saturated rings. The fraction of sp³-hybridized carbons (Fsp3) is 0.417. The van der Waals surface area contributed by atoms with E-state index in [9.17, 15) is 18.0 Å². The topological polar surface area (TPSA) is 75.4 Å². The first-order valence-electron chi connectivity index (χ1n) is 11.4. The number of hydrogen-bond acceptors (Lipinski definition) is 6. The van der Waals surface area contributed by atoms with Crippen LogP contribution in [0.1, 0.15) is 53.4 Å². The Morgan fingerprint density at radius 1 is 1.00 bits per heavy atom. The molecule has 2 aliphatic rings. The van der Waals surface area contributed by atoms with Crippen molar-refractivity contribution >= 4 is 11.7 Å². The number of hydrogen-bond donors (Lipinski definition) is 0. The Morgan fingerprint density at radius 2 is 1.74 bits per heavy atom. The number of piperazine rings is 1. The van der Waals surface area contributed by atoms with Gasteiger partial charge in [-0.15, -0.1) is 0 Å². The molecule has 34 heavy (non-hydrogen) atoms. The van der Waals surface area contributed by atoms with E-state index >= 15 is 0 Å². The maximum absolute atomic E-state index is 13.3. The van der Waals surface area contributed by atoms with Crippen LogP contribution in [0.3, 0.4) is 0 Å². The summed E-state index contributed by atoms with van der Waals surface area (Å²) in [6.07, 6.45) is 1.65. The fourth-order valence-electron chi connectivity index (χ4n) is 4.62. The van der Waals surface area contributed by atoms with E-state index in [1.54, 1.807) is 6.20 Å². The van der Waals surface area contributed by atoms with E-state index in [1.165, 1.54) is 35.9 Å². The quantitative estimate of drug-likeness (QED) is 0.546. The van der Waals surface area contributed by atoms with Crippen molar-refractivity contribution in [3.8, 4) is 11.4 Å². The van der Waals surface area contributed by atoms with Crippen molar-refractivity contribution < 1.29 is 22.5 Å². The smallest absolute Gasteiger partial charge is 0.353 e. The van der Waals surface area contributed by atoms with Crippen molar-refractivity contribution in [3.63, 3.8) is 0 Å². The van der Waals surface area contributed by atoms with Crippen LogP contribution in [0.5, 0.6) is 0 Å². The van der Waals surface area contributed by atoms with Crippen molar-refractivity contribution in [3.05, 3.63) is 59.6 Å². The first-order chi connectivity index (χ1) is 16.4. The van der Waals surface area contributed by atoms with Gasteiger partial charge in [-0.2, -0.15) is 18.2 Å². The fourth-order valence-corrected chi connectivity index (χ4v) is 4.62. The molecule has 0 N–H and O–H groups in total. The molecule has 1 aliphatic heterocycles. The molecule has 3 aromatic rings. The summed E-state index contributed by atoms with van der Waals surface area (Å²) in [4.78, 5) is 25.3. The highest BCUT2D eigenvalue weighted by atomic mass is 19.4. The Bertz CT molecular complexity index is 1150. The second kappa shape index (κ2) is 9.08. The molecule has 0 atom stereocenters. The molecule has 5 rings (SSSR count). The lowest BCUT2D eigenvalue weighted by molar-refractivity contribution is -0.138. The first kappa shape index (κ1) is 22.4. The standard InChI is InChI=1S/C24H24F3N5O2/c25-24(26,27)19-8-4-3-7-18(19)23(33)32-13-11-31(12-14-32)20-10-9-17(15-28-20)21-29-22(34-30-21)16-5-1-2-6-16/h3-4,7-10,15-16H,1-2,5-6,11-14H2. The highest BCUT2D eigenvalue weighted by Gasteiger charge is 2.36. The van der Waals surface area contributed by atoms with Gasteiger partial charge in [-0.05, 0) is 37.1 Å². The van der Waals surface area contributed by atoms with Crippen molar-refractivity contribution in [2.75, 3.05) is 31.1 Å². The maximum atomic E-state index is 13.3. The highest BCUT2D eigenvalue weighted by molar-refractivity contribution is 5.96. The van der Waals surface area contributed by atoms with Crippen molar-refractivity contribution in [2.45, 2.75) is 37.8 Å². The molecule has 10 heteroatoms. The summed E-state index contributed by atoms with van der Waals surface area (Å²) in [6.45, 7) is 1.56. The van der Waals surface area contributed by atoms with Gasteiger partial charge in [0.15, 0.2) is 0 Å². The Morgan fingerprint density at radius 3 is 2.41 bits per heavy atom. The molecule has 178 valence electrons. The van der Waals surface area contributed by atoms with Crippen LogP contribution in [-0.2, 0) is 6.18 Å². The van der Waals surface area contributed by atoms with E-state index in [2.05, 4.69) is 15.1 Å². The second-order valence-corrected chi connectivity index (χ2v) is 8.67. The number of amides is 1. The number of aromatic nitrogens is 3. The van der Waals surface area contributed by atoms with Gasteiger partial charge in [-0.3, -0.25) is 4.79 Å². The third-order valence-electron chi connectivity index (χ3n) is 6.51. The average molecular weight is 471 g/mol. The molecule has 0 bridgehead atoms. The number of alkyl halides is 3. The van der Waals surface area contributed by atoms with Gasteiger partial charge < -0.3 is 14.3 Å². The van der Waals surface area contributed by atoms with E-state index in [4.69, 9.17) is 4.52 Å². The Balaban J connectivity index is 1.22. The molecule has 0 radical (unpaired) electrons. The van der Waals surface area contributed by atoms with Gasteiger partial charge in [0.2, 0.25) is 11.7 Å². The van der Waals surface area contributed by atoms with Gasteiger partial charge in [0.05, 0.1) is 11.1 Å². The number of nitrogens with zero attached hydrogens (tertiary/aromatic N) is 5. The molecule has 3 heterocycles. The van der Waals surface area contributed by atoms with Gasteiger partial charge in [0, 0.05) is 43.9 Å². The SMILES string of the molecule is O=C(c1ccccc1C(F)(F)F)N1CCN(c2ccc(-c3noc(C4CCCC4)n3)cn2)CC1. The van der Waals surface area contributed by atoms with Crippen molar-refractivity contribution in [1.29, 1.82) is 0 Å². The molecule has 0 spiro atoms. The van der Waals surface area contributed by atoms with Crippen molar-refractivity contribution in [1.82, 2.24) is 20.0 Å². The minimum Gasteiger partial charge on any atom is -0.353 e. The minimum absolute atomic E-state index is 0.310. The average Bonchev–Trinajstić information content (AvgIpc) is 3.56. The van der Waals surface area contributed by atoms with Gasteiger partial charge in [-0.1, -0.05) is 30.1 Å². The molecular formula is C24H24F3N5O2. The zero-order chi connectivity index (χ0) is 23.7. The van der Waals surface area contributed by atoms with Crippen LogP contribution in [-0.4, -0.2) is 52.1 Å². The Kier molecular flexibility index (Phi) is 5.97. The predicted octanol–water partition coefficient (Wildman–Crippen LogP) is 4.77. The summed E-state index contributed by atoms with van der Waals surface area (Å²) in [5, 5.41) is 4.09. The van der Waals surface area contributed by atoms with E-state index < -0.39 is 17.6 Å². The Labute approximate surface area is 194 Å². The Hall–Kier alpha value is -3.43.